The Balaban J connectivity index is 1.41. The minimum atomic E-state index is -4.60. The number of pyridine rings is 1. The van der Waals surface area contributed by atoms with Gasteiger partial charge in [0.2, 0.25) is 0 Å². The first-order chi connectivity index (χ1) is 19.6. The molecule has 1 aliphatic carbocycles. The van der Waals surface area contributed by atoms with Crippen LogP contribution in [0.1, 0.15) is 61.0 Å². The second kappa shape index (κ2) is 10.8. The first-order valence-corrected chi connectivity index (χ1v) is 14.2. The minimum Gasteiger partial charge on any atom is -0.381 e. The molecule has 1 saturated carbocycles. The zero-order valence-electron chi connectivity index (χ0n) is 23.5. The topological polar surface area (TPSA) is 69.6 Å². The van der Waals surface area contributed by atoms with Gasteiger partial charge in [0.15, 0.2) is 0 Å². The monoisotopic (exact) mass is 568 g/mol. The smallest absolute Gasteiger partial charge is 0.381 e. The first kappa shape index (κ1) is 27.7. The van der Waals surface area contributed by atoms with Gasteiger partial charge in [-0.1, -0.05) is 19.1 Å². The number of rotatable bonds is 7. The molecule has 11 heteroatoms. The summed E-state index contributed by atoms with van der Waals surface area (Å²) >= 11 is 0. The molecule has 3 aromatic heterocycles. The third-order valence-corrected chi connectivity index (χ3v) is 8.74. The SMILES string of the molecule is CO[C@H]1C[C@H]([C@H](c2cccc(-n3cc4c(C(F)(F)F)cc(CN5CCC[C@H](C)C5)cn4c3=O)c2)c2nncn2C)C1. The molecule has 41 heavy (non-hydrogen) atoms. The number of imidazole rings is 1. The molecule has 4 aromatic rings. The van der Waals surface area contributed by atoms with Gasteiger partial charge in [0.05, 0.1) is 22.9 Å². The maximum absolute atomic E-state index is 14.3. The summed E-state index contributed by atoms with van der Waals surface area (Å²) in [6, 6.07) is 8.64. The summed E-state index contributed by atoms with van der Waals surface area (Å²) < 4.78 is 52.7. The summed E-state index contributed by atoms with van der Waals surface area (Å²) in [5.41, 5.74) is 0.420. The number of halogens is 3. The predicted molar refractivity (Wildman–Crippen MR) is 148 cm³/mol. The highest BCUT2D eigenvalue weighted by atomic mass is 19.4. The van der Waals surface area contributed by atoms with Crippen molar-refractivity contribution in [3.63, 3.8) is 0 Å². The maximum Gasteiger partial charge on any atom is 0.418 e. The Kier molecular flexibility index (Phi) is 7.27. The average Bonchev–Trinajstić information content (AvgIpc) is 3.47. The van der Waals surface area contributed by atoms with Crippen LogP contribution in [0.3, 0.4) is 0 Å². The fourth-order valence-corrected chi connectivity index (χ4v) is 6.58. The predicted octanol–water partition coefficient (Wildman–Crippen LogP) is 5.03. The first-order valence-electron chi connectivity index (χ1n) is 14.2. The van der Waals surface area contributed by atoms with Crippen LogP contribution in [-0.2, 0) is 24.5 Å². The zero-order valence-corrected chi connectivity index (χ0v) is 23.5. The fourth-order valence-electron chi connectivity index (χ4n) is 6.58. The van der Waals surface area contributed by atoms with Gasteiger partial charge in [-0.25, -0.2) is 4.79 Å². The van der Waals surface area contributed by atoms with Crippen molar-refractivity contribution in [2.75, 3.05) is 20.2 Å². The Morgan fingerprint density at radius 2 is 1.98 bits per heavy atom. The van der Waals surface area contributed by atoms with Crippen molar-refractivity contribution >= 4 is 5.52 Å². The molecule has 1 aromatic carbocycles. The zero-order chi connectivity index (χ0) is 28.9. The van der Waals surface area contributed by atoms with Crippen LogP contribution in [-0.4, -0.2) is 54.9 Å². The van der Waals surface area contributed by atoms with Crippen LogP contribution in [0.5, 0.6) is 0 Å². The van der Waals surface area contributed by atoms with Crippen molar-refractivity contribution in [2.24, 2.45) is 18.9 Å². The number of alkyl halides is 3. The Morgan fingerprint density at radius 3 is 2.66 bits per heavy atom. The molecule has 218 valence electrons. The van der Waals surface area contributed by atoms with Gasteiger partial charge in [-0.2, -0.15) is 13.2 Å². The molecular weight excluding hydrogens is 533 g/mol. The number of fused-ring (bicyclic) bond motifs is 1. The van der Waals surface area contributed by atoms with E-state index in [-0.39, 0.29) is 23.5 Å². The van der Waals surface area contributed by atoms with Gasteiger partial charge in [-0.15, -0.1) is 10.2 Å². The summed E-state index contributed by atoms with van der Waals surface area (Å²) in [4.78, 5) is 15.8. The van der Waals surface area contributed by atoms with Crippen molar-refractivity contribution in [1.29, 1.82) is 0 Å². The van der Waals surface area contributed by atoms with Crippen LogP contribution in [0.2, 0.25) is 0 Å². The number of likely N-dealkylation sites (tertiary alicyclic amines) is 1. The lowest BCUT2D eigenvalue weighted by atomic mass is 9.70. The van der Waals surface area contributed by atoms with E-state index >= 15 is 0 Å². The second-order valence-corrected chi connectivity index (χ2v) is 11.7. The molecule has 2 aliphatic rings. The normalized spacial score (nSPS) is 22.6. The Labute approximate surface area is 236 Å². The Hall–Kier alpha value is -3.44. The molecular formula is C30H35F3N6O2. The minimum absolute atomic E-state index is 0.0918. The van der Waals surface area contributed by atoms with E-state index in [9.17, 15) is 18.0 Å². The number of ether oxygens (including phenoxy) is 1. The van der Waals surface area contributed by atoms with Crippen molar-refractivity contribution in [3.05, 3.63) is 82.1 Å². The summed E-state index contributed by atoms with van der Waals surface area (Å²) in [5, 5.41) is 8.44. The van der Waals surface area contributed by atoms with Gasteiger partial charge in [-0.3, -0.25) is 13.9 Å². The second-order valence-electron chi connectivity index (χ2n) is 11.7. The molecule has 0 spiro atoms. The van der Waals surface area contributed by atoms with Gasteiger partial charge in [0.1, 0.15) is 12.2 Å². The van der Waals surface area contributed by atoms with E-state index in [4.69, 9.17) is 4.74 Å². The third-order valence-electron chi connectivity index (χ3n) is 8.74. The van der Waals surface area contributed by atoms with E-state index in [1.165, 1.54) is 16.8 Å². The molecule has 8 nitrogen and oxygen atoms in total. The Morgan fingerprint density at radius 1 is 1.17 bits per heavy atom. The lowest BCUT2D eigenvalue weighted by Gasteiger charge is -2.39. The van der Waals surface area contributed by atoms with E-state index in [1.807, 2.05) is 29.8 Å². The number of hydrogen-bond acceptors (Lipinski definition) is 5. The number of aromatic nitrogens is 5. The summed E-state index contributed by atoms with van der Waals surface area (Å²) in [7, 11) is 3.60. The van der Waals surface area contributed by atoms with Crippen molar-refractivity contribution in [1.82, 2.24) is 28.6 Å². The van der Waals surface area contributed by atoms with Crippen LogP contribution in [0, 0.1) is 11.8 Å². The number of methoxy groups -OCH3 is 1. The highest BCUT2D eigenvalue weighted by Gasteiger charge is 2.39. The van der Waals surface area contributed by atoms with E-state index in [0.717, 1.165) is 54.6 Å². The van der Waals surface area contributed by atoms with Crippen molar-refractivity contribution < 1.29 is 17.9 Å². The molecule has 2 atom stereocenters. The summed E-state index contributed by atoms with van der Waals surface area (Å²) in [6.07, 6.45) is 3.97. The lowest BCUT2D eigenvalue weighted by molar-refractivity contribution is -0.136. The number of nitrogens with zero attached hydrogens (tertiary/aromatic N) is 6. The van der Waals surface area contributed by atoms with E-state index in [1.54, 1.807) is 25.7 Å². The summed E-state index contributed by atoms with van der Waals surface area (Å²) in [6.45, 7) is 4.21. The van der Waals surface area contributed by atoms with Crippen LogP contribution in [0.4, 0.5) is 13.2 Å². The lowest BCUT2D eigenvalue weighted by Crippen LogP contribution is -2.35. The molecule has 0 bridgehead atoms. The number of hydrogen-bond donors (Lipinski definition) is 0. The quantitative estimate of drug-likeness (QED) is 0.313. The van der Waals surface area contributed by atoms with Crippen molar-refractivity contribution in [2.45, 2.75) is 57.3 Å². The molecule has 4 heterocycles. The fraction of sp³-hybridized carbons (Fsp3) is 0.500. The van der Waals surface area contributed by atoms with Gasteiger partial charge in [0, 0.05) is 45.6 Å². The summed E-state index contributed by atoms with van der Waals surface area (Å²) in [5.74, 6) is 1.47. The number of piperidine rings is 1. The number of aryl methyl sites for hydroxylation is 1. The van der Waals surface area contributed by atoms with Crippen LogP contribution in [0.25, 0.3) is 11.2 Å². The van der Waals surface area contributed by atoms with Crippen LogP contribution >= 0.6 is 0 Å². The van der Waals surface area contributed by atoms with Crippen LogP contribution < -0.4 is 5.69 Å². The largest absolute Gasteiger partial charge is 0.418 e. The van der Waals surface area contributed by atoms with Gasteiger partial charge in [-0.05, 0) is 73.4 Å². The number of benzene rings is 1. The van der Waals surface area contributed by atoms with E-state index in [0.29, 0.717) is 23.7 Å². The van der Waals surface area contributed by atoms with Gasteiger partial charge < -0.3 is 9.30 Å². The van der Waals surface area contributed by atoms with E-state index in [2.05, 4.69) is 22.0 Å². The molecule has 1 saturated heterocycles. The molecule has 0 N–H and O–H groups in total. The molecule has 0 unspecified atom stereocenters. The maximum atomic E-state index is 14.3. The molecule has 0 amide bonds. The average molecular weight is 569 g/mol. The standard InChI is InChI=1S/C30H35F3N6O2/c1-19-6-5-9-37(14-19)15-20-10-25(30(31,32)33)26-17-38(29(40)39(26)16-20)23-8-4-7-21(11-23)27(22-12-24(13-22)41-3)28-35-34-18-36(28)2/h4,7-8,10-11,16-19,22,24,27H,5-6,9,12-15H2,1-3H3/t19-,22-,24-,27-/m0/s1. The van der Waals surface area contributed by atoms with Gasteiger partial charge >= 0.3 is 11.9 Å². The van der Waals surface area contributed by atoms with Gasteiger partial charge in [0.25, 0.3) is 0 Å². The molecule has 6 rings (SSSR count). The molecule has 2 fully saturated rings. The van der Waals surface area contributed by atoms with E-state index < -0.39 is 17.4 Å². The molecule has 1 aliphatic heterocycles. The highest BCUT2D eigenvalue weighted by Crippen LogP contribution is 2.44. The third kappa shape index (κ3) is 5.32. The van der Waals surface area contributed by atoms with Crippen LogP contribution in [0.15, 0.2) is 53.8 Å². The van der Waals surface area contributed by atoms with Crippen molar-refractivity contribution in [3.8, 4) is 5.69 Å². The molecule has 0 radical (unpaired) electrons. The highest BCUT2D eigenvalue weighted by molar-refractivity contribution is 5.58. The Bertz CT molecular complexity index is 1600.